The van der Waals surface area contributed by atoms with E-state index in [0.29, 0.717) is 0 Å². The fourth-order valence-corrected chi connectivity index (χ4v) is 2.20. The maximum Gasteiger partial charge on any atom is 0.328 e. The Morgan fingerprint density at radius 2 is 1.95 bits per heavy atom. The number of hydrogen-bond donors (Lipinski definition) is 1. The zero-order valence-electron chi connectivity index (χ0n) is 13.0. The molecule has 0 radical (unpaired) electrons. The smallest absolute Gasteiger partial charge is 0.328 e. The fraction of sp³-hybridized carbons (Fsp3) is 0.353. The van der Waals surface area contributed by atoms with Crippen molar-refractivity contribution in [3.05, 3.63) is 42.1 Å². The maximum absolute atomic E-state index is 12.4. The molecule has 5 nitrogen and oxygen atoms in total. The summed E-state index contributed by atoms with van der Waals surface area (Å²) in [5.41, 5.74) is 1.03. The lowest BCUT2D eigenvalue weighted by atomic mass is 9.99. The Labute approximate surface area is 129 Å². The van der Waals surface area contributed by atoms with E-state index in [-0.39, 0.29) is 17.5 Å². The minimum atomic E-state index is -0.671. The first-order valence-corrected chi connectivity index (χ1v) is 7.31. The Bertz CT molecular complexity index is 684. The molecule has 1 N–H and O–H groups in total. The van der Waals surface area contributed by atoms with Gasteiger partial charge in [0.05, 0.1) is 12.6 Å². The van der Waals surface area contributed by atoms with E-state index in [1.807, 2.05) is 44.2 Å². The Hall–Kier alpha value is -2.43. The van der Waals surface area contributed by atoms with E-state index in [4.69, 9.17) is 4.74 Å². The third-order valence-electron chi connectivity index (χ3n) is 3.79. The van der Waals surface area contributed by atoms with Crippen molar-refractivity contribution in [3.63, 3.8) is 0 Å². The Balaban J connectivity index is 2.22. The molecule has 0 aliphatic rings. The molecule has 2 atom stereocenters. The number of esters is 1. The molecular formula is C17H20N2O3. The number of ether oxygens (including phenoxy) is 1. The van der Waals surface area contributed by atoms with Gasteiger partial charge in [-0.3, -0.25) is 4.79 Å². The van der Waals surface area contributed by atoms with E-state index >= 15 is 0 Å². The molecule has 0 fully saturated rings. The van der Waals surface area contributed by atoms with Crippen LogP contribution in [-0.4, -0.2) is 30.0 Å². The van der Waals surface area contributed by atoms with Crippen LogP contribution in [0.25, 0.3) is 10.9 Å². The second kappa shape index (κ2) is 7.02. The zero-order valence-corrected chi connectivity index (χ0v) is 13.0. The second-order valence-electron chi connectivity index (χ2n) is 5.25. The van der Waals surface area contributed by atoms with Gasteiger partial charge in [-0.25, -0.2) is 9.78 Å². The summed E-state index contributed by atoms with van der Waals surface area (Å²) in [6.45, 7) is 3.86. The molecule has 0 unspecified atom stereocenters. The van der Waals surface area contributed by atoms with Gasteiger partial charge in [0.1, 0.15) is 11.7 Å². The second-order valence-corrected chi connectivity index (χ2v) is 5.25. The number of nitrogens with zero attached hydrogens (tertiary/aromatic N) is 1. The summed E-state index contributed by atoms with van der Waals surface area (Å²) in [6.07, 6.45) is 0.755. The predicted octanol–water partition coefficient (Wildman–Crippen LogP) is 2.55. The van der Waals surface area contributed by atoms with Gasteiger partial charge in [0, 0.05) is 5.39 Å². The standard InChI is InChI=1S/C17H20N2O3/c1-4-11(2)15(17(21)22-3)19-16(20)14-10-9-12-7-5-6-8-13(12)18-14/h5-11,15H,4H2,1-3H3,(H,19,20)/t11-,15+/m1/s1. The molecule has 1 aromatic carbocycles. The number of para-hydroxylation sites is 1. The SMILES string of the molecule is CC[C@@H](C)[C@H](NC(=O)c1ccc2ccccc2n1)C(=O)OC. The van der Waals surface area contributed by atoms with Crippen molar-refractivity contribution in [2.45, 2.75) is 26.3 Å². The monoisotopic (exact) mass is 300 g/mol. The van der Waals surface area contributed by atoms with Crippen molar-refractivity contribution in [1.82, 2.24) is 10.3 Å². The average Bonchev–Trinajstić information content (AvgIpc) is 2.57. The van der Waals surface area contributed by atoms with E-state index in [1.165, 1.54) is 7.11 Å². The van der Waals surface area contributed by atoms with Gasteiger partial charge in [-0.15, -0.1) is 0 Å². The lowest BCUT2D eigenvalue weighted by Crippen LogP contribution is -2.45. The first kappa shape index (κ1) is 15.9. The van der Waals surface area contributed by atoms with Crippen molar-refractivity contribution < 1.29 is 14.3 Å². The van der Waals surface area contributed by atoms with Crippen LogP contribution >= 0.6 is 0 Å². The normalized spacial score (nSPS) is 13.4. The van der Waals surface area contributed by atoms with E-state index < -0.39 is 12.0 Å². The molecule has 22 heavy (non-hydrogen) atoms. The van der Waals surface area contributed by atoms with Crippen LogP contribution in [0.5, 0.6) is 0 Å². The highest BCUT2D eigenvalue weighted by atomic mass is 16.5. The molecule has 0 saturated carbocycles. The van der Waals surface area contributed by atoms with Crippen molar-refractivity contribution >= 4 is 22.8 Å². The number of aromatic nitrogens is 1. The molecular weight excluding hydrogens is 280 g/mol. The topological polar surface area (TPSA) is 68.3 Å². The summed E-state index contributed by atoms with van der Waals surface area (Å²) in [5, 5.41) is 3.69. The molecule has 1 amide bonds. The van der Waals surface area contributed by atoms with Crippen LogP contribution < -0.4 is 5.32 Å². The summed E-state index contributed by atoms with van der Waals surface area (Å²) in [5.74, 6) is -0.832. The number of pyridine rings is 1. The van der Waals surface area contributed by atoms with Gasteiger partial charge in [-0.2, -0.15) is 0 Å². The van der Waals surface area contributed by atoms with Crippen LogP contribution in [-0.2, 0) is 9.53 Å². The molecule has 0 aliphatic carbocycles. The van der Waals surface area contributed by atoms with Crippen LogP contribution in [0.4, 0.5) is 0 Å². The van der Waals surface area contributed by atoms with Crippen molar-refractivity contribution in [3.8, 4) is 0 Å². The maximum atomic E-state index is 12.4. The predicted molar refractivity (Wildman–Crippen MR) is 84.5 cm³/mol. The molecule has 5 heteroatoms. The summed E-state index contributed by atoms with van der Waals surface area (Å²) >= 11 is 0. The van der Waals surface area contributed by atoms with Crippen LogP contribution in [0.3, 0.4) is 0 Å². The highest BCUT2D eigenvalue weighted by molar-refractivity contribution is 5.97. The number of rotatable bonds is 5. The number of fused-ring (bicyclic) bond motifs is 1. The van der Waals surface area contributed by atoms with Gasteiger partial charge >= 0.3 is 5.97 Å². The molecule has 0 saturated heterocycles. The van der Waals surface area contributed by atoms with Crippen LogP contribution in [0.15, 0.2) is 36.4 Å². The molecule has 116 valence electrons. The van der Waals surface area contributed by atoms with Gasteiger partial charge in [0.15, 0.2) is 0 Å². The molecule has 0 bridgehead atoms. The van der Waals surface area contributed by atoms with Gasteiger partial charge in [-0.05, 0) is 18.1 Å². The van der Waals surface area contributed by atoms with Gasteiger partial charge in [0.2, 0.25) is 0 Å². The van der Waals surface area contributed by atoms with E-state index in [1.54, 1.807) is 6.07 Å². The lowest BCUT2D eigenvalue weighted by Gasteiger charge is -2.21. The first-order valence-electron chi connectivity index (χ1n) is 7.31. The van der Waals surface area contributed by atoms with Crippen LogP contribution in [0.1, 0.15) is 30.8 Å². The van der Waals surface area contributed by atoms with Crippen LogP contribution in [0.2, 0.25) is 0 Å². The van der Waals surface area contributed by atoms with Crippen molar-refractivity contribution in [2.24, 2.45) is 5.92 Å². The van der Waals surface area contributed by atoms with Crippen LogP contribution in [0, 0.1) is 5.92 Å². The number of carbonyl (C=O) groups excluding carboxylic acids is 2. The Kier molecular flexibility index (Phi) is 5.09. The number of amides is 1. The summed E-state index contributed by atoms with van der Waals surface area (Å²) < 4.78 is 4.77. The highest BCUT2D eigenvalue weighted by Gasteiger charge is 2.27. The number of carbonyl (C=O) groups is 2. The van der Waals surface area contributed by atoms with Gasteiger partial charge < -0.3 is 10.1 Å². The van der Waals surface area contributed by atoms with Crippen molar-refractivity contribution in [1.29, 1.82) is 0 Å². The number of nitrogens with one attached hydrogen (secondary N) is 1. The van der Waals surface area contributed by atoms with Gasteiger partial charge in [-0.1, -0.05) is 44.5 Å². The molecule has 1 aromatic heterocycles. The number of benzene rings is 1. The zero-order chi connectivity index (χ0) is 16.1. The first-order chi connectivity index (χ1) is 10.6. The molecule has 2 aromatic rings. The largest absolute Gasteiger partial charge is 0.467 e. The Morgan fingerprint density at radius 1 is 1.23 bits per heavy atom. The lowest BCUT2D eigenvalue weighted by molar-refractivity contribution is -0.144. The molecule has 0 spiro atoms. The third-order valence-corrected chi connectivity index (χ3v) is 3.79. The van der Waals surface area contributed by atoms with Crippen molar-refractivity contribution in [2.75, 3.05) is 7.11 Å². The number of methoxy groups -OCH3 is 1. The van der Waals surface area contributed by atoms with E-state index in [0.717, 1.165) is 17.3 Å². The Morgan fingerprint density at radius 3 is 2.64 bits per heavy atom. The summed E-state index contributed by atoms with van der Waals surface area (Å²) in [6, 6.07) is 10.4. The average molecular weight is 300 g/mol. The highest BCUT2D eigenvalue weighted by Crippen LogP contribution is 2.13. The third kappa shape index (κ3) is 3.42. The minimum Gasteiger partial charge on any atom is -0.467 e. The number of hydrogen-bond acceptors (Lipinski definition) is 4. The molecule has 0 aliphatic heterocycles. The fourth-order valence-electron chi connectivity index (χ4n) is 2.20. The quantitative estimate of drug-likeness (QED) is 0.862. The van der Waals surface area contributed by atoms with E-state index in [2.05, 4.69) is 10.3 Å². The minimum absolute atomic E-state index is 0.0168. The summed E-state index contributed by atoms with van der Waals surface area (Å²) in [7, 11) is 1.32. The molecule has 1 heterocycles. The van der Waals surface area contributed by atoms with E-state index in [9.17, 15) is 9.59 Å². The van der Waals surface area contributed by atoms with Gasteiger partial charge in [0.25, 0.3) is 5.91 Å². The molecule has 2 rings (SSSR count). The summed E-state index contributed by atoms with van der Waals surface area (Å²) in [4.78, 5) is 28.5.